The number of aliphatic hydroxyl groups is 3. The summed E-state index contributed by atoms with van der Waals surface area (Å²) < 4.78 is 30.3. The van der Waals surface area contributed by atoms with Crippen LogP contribution in [-0.2, 0) is 42.9 Å². The van der Waals surface area contributed by atoms with Crippen LogP contribution in [0.5, 0.6) is 0 Å². The maximum atomic E-state index is 15.5. The monoisotopic (exact) mass is 853 g/mol. The lowest BCUT2D eigenvalue weighted by atomic mass is 9.44. The Bertz CT molecular complexity index is 2280. The molecule has 2 bridgehead atoms. The molecule has 62 heavy (non-hydrogen) atoms. The molecule has 3 aliphatic carbocycles. The van der Waals surface area contributed by atoms with Gasteiger partial charge in [0.15, 0.2) is 23.6 Å². The van der Waals surface area contributed by atoms with Gasteiger partial charge < -0.3 is 44.3 Å². The van der Waals surface area contributed by atoms with Gasteiger partial charge >= 0.3 is 23.9 Å². The molecule has 2 saturated carbocycles. The van der Waals surface area contributed by atoms with Crippen molar-refractivity contribution in [3.05, 3.63) is 119 Å². The second-order valence-electron chi connectivity index (χ2n) is 17.4. The second kappa shape index (κ2) is 16.5. The van der Waals surface area contributed by atoms with Gasteiger partial charge in [-0.1, -0.05) is 80.6 Å². The first-order valence-electron chi connectivity index (χ1n) is 20.5. The first-order chi connectivity index (χ1) is 29.3. The number of ether oxygens (including phenoxy) is 5. The van der Waals surface area contributed by atoms with Gasteiger partial charge in [-0.25, -0.2) is 9.59 Å². The zero-order chi connectivity index (χ0) is 44.9. The number of carbonyl (C=O) groups is 6. The van der Waals surface area contributed by atoms with E-state index in [1.165, 1.54) is 26.0 Å². The van der Waals surface area contributed by atoms with Gasteiger partial charge in [0.1, 0.15) is 23.9 Å². The van der Waals surface area contributed by atoms with Gasteiger partial charge in [0.2, 0.25) is 0 Å². The maximum absolute atomic E-state index is 15.5. The van der Waals surface area contributed by atoms with Gasteiger partial charge in [-0.3, -0.25) is 19.2 Å². The number of rotatable bonds is 10. The molecule has 1 heterocycles. The fraction of sp³-hybridized carbons (Fsp3) is 0.447. The van der Waals surface area contributed by atoms with Crippen LogP contribution < -0.4 is 5.32 Å². The van der Waals surface area contributed by atoms with Crippen molar-refractivity contribution in [2.24, 2.45) is 16.7 Å². The standard InChI is InChI=1S/C47H51NO14/c1-25-31(60-43(56)36(52)35(28-16-10-7-11-17-28)48-41(54)29-18-12-8-13-19-29)23-47(57)40(61-42(55)30-20-14-9-15-21-30)38-45(6,32(51)22-33-46(38,24-58-33)62-27(3)50)39(53)37(59-26(2)49)34(25)44(47,4)5/h7-21,31-33,35-38,40,51-52,57H,22-24H2,1-6H3,(H,48,54)/t31-,32+,33-,35+,36-,37-,38+,40+,45-,46+,47-/m1/s1. The fourth-order valence-corrected chi connectivity index (χ4v) is 10.2. The van der Waals surface area contributed by atoms with Crippen LogP contribution in [-0.4, -0.2) is 105 Å². The summed E-state index contributed by atoms with van der Waals surface area (Å²) in [5, 5.41) is 40.2. The largest absolute Gasteiger partial charge is 0.456 e. The van der Waals surface area contributed by atoms with Crippen LogP contribution in [0.25, 0.3) is 0 Å². The Balaban J connectivity index is 1.39. The molecule has 3 aromatic carbocycles. The fourth-order valence-electron chi connectivity index (χ4n) is 10.2. The summed E-state index contributed by atoms with van der Waals surface area (Å²) in [7, 11) is 0. The molecule has 7 rings (SSSR count). The maximum Gasteiger partial charge on any atom is 0.338 e. The van der Waals surface area contributed by atoms with Gasteiger partial charge in [-0.2, -0.15) is 0 Å². The third-order valence-corrected chi connectivity index (χ3v) is 13.5. The smallest absolute Gasteiger partial charge is 0.338 e. The van der Waals surface area contributed by atoms with Crippen molar-refractivity contribution in [1.29, 1.82) is 0 Å². The minimum Gasteiger partial charge on any atom is -0.456 e. The molecule has 1 amide bonds. The lowest BCUT2D eigenvalue weighted by molar-refractivity contribution is -0.346. The number of hydrogen-bond acceptors (Lipinski definition) is 14. The summed E-state index contributed by atoms with van der Waals surface area (Å²) in [5.41, 5.74) is -7.02. The molecule has 3 fully saturated rings. The normalized spacial score (nSPS) is 31.9. The number of aliphatic hydroxyl groups excluding tert-OH is 2. The molecular weight excluding hydrogens is 803 g/mol. The highest BCUT2D eigenvalue weighted by Crippen LogP contribution is 2.64. The number of nitrogens with one attached hydrogen (secondary N) is 1. The molecular formula is C47H51NO14. The number of Topliss-reactive ketones (excluding diaryl/α,β-unsaturated/α-hetero) is 1. The average molecular weight is 854 g/mol. The number of amides is 1. The Morgan fingerprint density at radius 1 is 0.823 bits per heavy atom. The van der Waals surface area contributed by atoms with E-state index in [-0.39, 0.29) is 35.3 Å². The lowest BCUT2D eigenvalue weighted by Crippen LogP contribution is -2.82. The van der Waals surface area contributed by atoms with E-state index in [1.807, 2.05) is 0 Å². The van der Waals surface area contributed by atoms with E-state index in [9.17, 15) is 39.3 Å². The first kappa shape index (κ1) is 44.3. The molecule has 0 radical (unpaired) electrons. The van der Waals surface area contributed by atoms with Crippen LogP contribution >= 0.6 is 0 Å². The minimum absolute atomic E-state index is 0.00289. The molecule has 15 heteroatoms. The SMILES string of the molecule is CC(=O)O[C@H]1C(=O)[C@@]2(C)[C@H]([C@H](OC(=O)c3ccccc3)[C@]3(O)C[C@@H](OC(=O)[C@H](O)[C@@H](NC(=O)c4ccccc4)c4ccccc4)C(C)=C1C3(C)C)[C@]1(OC(C)=O)CO[C@@H]1C[C@@H]2O. The van der Waals surface area contributed by atoms with Crippen molar-refractivity contribution >= 4 is 35.6 Å². The Labute approximate surface area is 358 Å². The summed E-state index contributed by atoms with van der Waals surface area (Å²) >= 11 is 0. The van der Waals surface area contributed by atoms with Crippen LogP contribution in [0, 0.1) is 16.7 Å². The number of fused-ring (bicyclic) bond motifs is 5. The molecule has 3 aromatic rings. The van der Waals surface area contributed by atoms with E-state index in [1.54, 1.807) is 92.7 Å². The third-order valence-electron chi connectivity index (χ3n) is 13.5. The van der Waals surface area contributed by atoms with E-state index in [2.05, 4.69) is 5.32 Å². The molecule has 1 aliphatic heterocycles. The third kappa shape index (κ3) is 7.29. The first-order valence-corrected chi connectivity index (χ1v) is 20.5. The van der Waals surface area contributed by atoms with Crippen LogP contribution in [0.1, 0.15) is 86.7 Å². The minimum atomic E-state index is -2.39. The molecule has 4 N–H and O–H groups in total. The molecule has 1 saturated heterocycles. The van der Waals surface area contributed by atoms with Crippen molar-refractivity contribution in [1.82, 2.24) is 5.32 Å². The van der Waals surface area contributed by atoms with Crippen molar-refractivity contribution in [3.63, 3.8) is 0 Å². The van der Waals surface area contributed by atoms with Crippen molar-refractivity contribution in [2.75, 3.05) is 6.61 Å². The highest BCUT2D eigenvalue weighted by atomic mass is 16.6. The quantitative estimate of drug-likeness (QED) is 0.130. The Hall–Kier alpha value is -5.74. The molecule has 15 nitrogen and oxygen atoms in total. The van der Waals surface area contributed by atoms with Gasteiger partial charge in [-0.15, -0.1) is 0 Å². The number of esters is 4. The zero-order valence-electron chi connectivity index (χ0n) is 35.2. The molecule has 0 unspecified atom stereocenters. The predicted octanol–water partition coefficient (Wildman–Crippen LogP) is 3.74. The van der Waals surface area contributed by atoms with Gasteiger partial charge in [0, 0.05) is 37.7 Å². The topological polar surface area (TPSA) is 221 Å². The van der Waals surface area contributed by atoms with E-state index < -0.39 is 113 Å². The lowest BCUT2D eigenvalue weighted by Gasteiger charge is -2.67. The van der Waals surface area contributed by atoms with Gasteiger partial charge in [0.25, 0.3) is 5.91 Å². The predicted molar refractivity (Wildman–Crippen MR) is 218 cm³/mol. The number of hydrogen-bond donors (Lipinski definition) is 4. The van der Waals surface area contributed by atoms with Crippen molar-refractivity contribution in [3.8, 4) is 0 Å². The Kier molecular flexibility index (Phi) is 11.8. The molecule has 11 atom stereocenters. The molecule has 328 valence electrons. The number of carbonyl (C=O) groups excluding carboxylic acids is 6. The highest BCUT2D eigenvalue weighted by molar-refractivity contribution is 5.96. The number of ketones is 1. The zero-order valence-corrected chi connectivity index (χ0v) is 35.2. The Morgan fingerprint density at radius 2 is 1.40 bits per heavy atom. The van der Waals surface area contributed by atoms with E-state index >= 15 is 4.79 Å². The summed E-state index contributed by atoms with van der Waals surface area (Å²) in [4.78, 5) is 83.5. The summed E-state index contributed by atoms with van der Waals surface area (Å²) in [6.07, 6.45) is -10.5. The molecule has 4 aliphatic rings. The second-order valence-corrected chi connectivity index (χ2v) is 17.4. The molecule has 0 spiro atoms. The summed E-state index contributed by atoms with van der Waals surface area (Å²) in [5.74, 6) is -6.84. The van der Waals surface area contributed by atoms with Crippen LogP contribution in [0.3, 0.4) is 0 Å². The van der Waals surface area contributed by atoms with Crippen LogP contribution in [0.2, 0.25) is 0 Å². The Morgan fingerprint density at radius 3 is 1.95 bits per heavy atom. The van der Waals surface area contributed by atoms with Crippen LogP contribution in [0.4, 0.5) is 0 Å². The summed E-state index contributed by atoms with van der Waals surface area (Å²) in [6, 6.07) is 22.9. The average Bonchev–Trinajstić information content (AvgIpc) is 3.24. The number of benzene rings is 3. The van der Waals surface area contributed by atoms with E-state index in [4.69, 9.17) is 23.7 Å². The van der Waals surface area contributed by atoms with Gasteiger partial charge in [-0.05, 0) is 54.8 Å². The van der Waals surface area contributed by atoms with E-state index in [0.29, 0.717) is 5.56 Å². The molecule has 0 aromatic heterocycles. The highest BCUT2D eigenvalue weighted by Gasteiger charge is 2.78. The van der Waals surface area contributed by atoms with Crippen molar-refractivity contribution < 1.29 is 67.8 Å². The summed E-state index contributed by atoms with van der Waals surface area (Å²) in [6.45, 7) is 7.97. The van der Waals surface area contributed by atoms with E-state index in [0.717, 1.165) is 13.8 Å². The van der Waals surface area contributed by atoms with Gasteiger partial charge in [0.05, 0.1) is 35.6 Å². The van der Waals surface area contributed by atoms with Crippen LogP contribution in [0.15, 0.2) is 102 Å². The van der Waals surface area contributed by atoms with Crippen molar-refractivity contribution in [2.45, 2.75) is 108 Å².